The molecule has 2 aromatic carbocycles. The van der Waals surface area contributed by atoms with Gasteiger partial charge in [-0.05, 0) is 37.1 Å². The third-order valence-corrected chi connectivity index (χ3v) is 5.49. The van der Waals surface area contributed by atoms with E-state index in [9.17, 15) is 4.79 Å². The first-order valence-electron chi connectivity index (χ1n) is 9.38. The molecule has 0 radical (unpaired) electrons. The van der Waals surface area contributed by atoms with E-state index in [1.54, 1.807) is 23.9 Å². The van der Waals surface area contributed by atoms with Gasteiger partial charge in [0.25, 0.3) is 0 Å². The van der Waals surface area contributed by atoms with Gasteiger partial charge in [-0.2, -0.15) is 5.10 Å². The van der Waals surface area contributed by atoms with E-state index >= 15 is 0 Å². The maximum atomic E-state index is 13.2. The zero-order chi connectivity index (χ0) is 20.4. The van der Waals surface area contributed by atoms with Crippen LogP contribution in [-0.4, -0.2) is 22.8 Å². The van der Waals surface area contributed by atoms with Gasteiger partial charge in [0.05, 0.1) is 28.9 Å². The molecule has 7 heteroatoms. The van der Waals surface area contributed by atoms with Crippen LogP contribution in [0.4, 0.5) is 5.69 Å². The van der Waals surface area contributed by atoms with Gasteiger partial charge in [0.1, 0.15) is 18.1 Å². The number of hydrogen-bond donors (Lipinski definition) is 1. The molecule has 1 saturated carbocycles. The van der Waals surface area contributed by atoms with Gasteiger partial charge >= 0.3 is 0 Å². The van der Waals surface area contributed by atoms with Crippen molar-refractivity contribution in [3.63, 3.8) is 0 Å². The molecule has 0 unspecified atom stereocenters. The van der Waals surface area contributed by atoms with Crippen molar-refractivity contribution in [2.24, 2.45) is 7.05 Å². The molecule has 0 spiro atoms. The molecule has 4 rings (SSSR count). The number of rotatable bonds is 7. The van der Waals surface area contributed by atoms with Crippen molar-refractivity contribution in [2.45, 2.75) is 24.9 Å². The van der Waals surface area contributed by atoms with Crippen LogP contribution in [0.5, 0.6) is 11.5 Å². The predicted molar refractivity (Wildman–Crippen MR) is 112 cm³/mol. The molecule has 0 saturated heterocycles. The number of ether oxygens (including phenoxy) is 2. The quantitative estimate of drug-likeness (QED) is 0.628. The largest absolute Gasteiger partial charge is 0.497 e. The van der Waals surface area contributed by atoms with Gasteiger partial charge in [0, 0.05) is 24.9 Å². The SMILES string of the molecule is COc1ccc(C2(C(=O)Nc3ccccc3Cl)CC2)c(OCc2ccn(C)n2)c1. The van der Waals surface area contributed by atoms with E-state index in [1.165, 1.54) is 0 Å². The fraction of sp³-hybridized carbons (Fsp3) is 0.273. The average Bonchev–Trinajstić information content (AvgIpc) is 3.43. The lowest BCUT2D eigenvalue weighted by molar-refractivity contribution is -0.118. The molecule has 1 aliphatic carbocycles. The van der Waals surface area contributed by atoms with Gasteiger partial charge < -0.3 is 14.8 Å². The minimum atomic E-state index is -0.634. The summed E-state index contributed by atoms with van der Waals surface area (Å²) in [5.74, 6) is 1.22. The highest BCUT2D eigenvalue weighted by Crippen LogP contribution is 2.53. The summed E-state index contributed by atoms with van der Waals surface area (Å²) in [7, 11) is 3.47. The third-order valence-electron chi connectivity index (χ3n) is 5.16. The number of carbonyl (C=O) groups is 1. The summed E-state index contributed by atoms with van der Waals surface area (Å²) in [6, 6.07) is 14.7. The number of anilines is 1. The molecule has 0 atom stereocenters. The predicted octanol–water partition coefficient (Wildman–Crippen LogP) is 4.33. The lowest BCUT2D eigenvalue weighted by Gasteiger charge is -2.20. The van der Waals surface area contributed by atoms with Gasteiger partial charge in [-0.1, -0.05) is 29.8 Å². The Hall–Kier alpha value is -2.99. The third kappa shape index (κ3) is 3.93. The number of methoxy groups -OCH3 is 1. The van der Waals surface area contributed by atoms with E-state index in [0.29, 0.717) is 28.8 Å². The molecule has 1 heterocycles. The summed E-state index contributed by atoms with van der Waals surface area (Å²) >= 11 is 6.21. The molecule has 0 aliphatic heterocycles. The minimum Gasteiger partial charge on any atom is -0.497 e. The summed E-state index contributed by atoms with van der Waals surface area (Å²) in [5, 5.41) is 7.83. The number of aromatic nitrogens is 2. The Bertz CT molecular complexity index is 1040. The van der Waals surface area contributed by atoms with E-state index in [0.717, 1.165) is 24.1 Å². The van der Waals surface area contributed by atoms with Crippen LogP contribution in [0.3, 0.4) is 0 Å². The number of hydrogen-bond acceptors (Lipinski definition) is 4. The van der Waals surface area contributed by atoms with Crippen LogP contribution in [0.1, 0.15) is 24.1 Å². The minimum absolute atomic E-state index is 0.0848. The second kappa shape index (κ2) is 7.79. The van der Waals surface area contributed by atoms with E-state index in [2.05, 4.69) is 10.4 Å². The van der Waals surface area contributed by atoms with Crippen LogP contribution < -0.4 is 14.8 Å². The monoisotopic (exact) mass is 411 g/mol. The number of aryl methyl sites for hydroxylation is 1. The van der Waals surface area contributed by atoms with Crippen molar-refractivity contribution >= 4 is 23.2 Å². The smallest absolute Gasteiger partial charge is 0.235 e. The molecule has 150 valence electrons. The van der Waals surface area contributed by atoms with Gasteiger partial charge in [-0.25, -0.2) is 0 Å². The lowest BCUT2D eigenvalue weighted by atomic mass is 9.93. The molecule has 1 aromatic heterocycles. The van der Waals surface area contributed by atoms with Gasteiger partial charge in [-0.15, -0.1) is 0 Å². The number of benzene rings is 2. The molecule has 3 aromatic rings. The normalized spacial score (nSPS) is 14.3. The topological polar surface area (TPSA) is 65.4 Å². The number of amides is 1. The van der Waals surface area contributed by atoms with Crippen molar-refractivity contribution in [2.75, 3.05) is 12.4 Å². The molecule has 6 nitrogen and oxygen atoms in total. The van der Waals surface area contributed by atoms with Gasteiger partial charge in [-0.3, -0.25) is 9.48 Å². The molecule has 29 heavy (non-hydrogen) atoms. The van der Waals surface area contributed by atoms with E-state index < -0.39 is 5.41 Å². The van der Waals surface area contributed by atoms with E-state index in [4.69, 9.17) is 21.1 Å². The van der Waals surface area contributed by atoms with E-state index in [-0.39, 0.29) is 5.91 Å². The van der Waals surface area contributed by atoms with Crippen molar-refractivity contribution in [1.29, 1.82) is 0 Å². The Labute approximate surface area is 174 Å². The van der Waals surface area contributed by atoms with Gasteiger partial charge in [0.15, 0.2) is 0 Å². The first kappa shape index (κ1) is 19.3. The standard InChI is InChI=1S/C22H22ClN3O3/c1-26-12-9-15(25-26)14-29-20-13-16(28-2)7-8-17(20)22(10-11-22)21(27)24-19-6-4-3-5-18(19)23/h3-9,12-13H,10-11,14H2,1-2H3,(H,24,27). The highest BCUT2D eigenvalue weighted by atomic mass is 35.5. The fourth-order valence-electron chi connectivity index (χ4n) is 3.38. The molecular formula is C22H22ClN3O3. The first-order valence-corrected chi connectivity index (χ1v) is 9.75. The number of carbonyl (C=O) groups excluding carboxylic acids is 1. The van der Waals surface area contributed by atoms with Crippen LogP contribution in [0.15, 0.2) is 54.7 Å². The number of para-hydroxylation sites is 1. The van der Waals surface area contributed by atoms with Crippen molar-refractivity contribution in [3.05, 3.63) is 71.0 Å². The van der Waals surface area contributed by atoms with Crippen LogP contribution in [0, 0.1) is 0 Å². The second-order valence-electron chi connectivity index (χ2n) is 7.15. The Kier molecular flexibility index (Phi) is 5.20. The Morgan fingerprint density at radius 3 is 2.69 bits per heavy atom. The Balaban J connectivity index is 1.60. The zero-order valence-electron chi connectivity index (χ0n) is 16.3. The maximum Gasteiger partial charge on any atom is 0.235 e. The second-order valence-corrected chi connectivity index (χ2v) is 7.55. The average molecular weight is 412 g/mol. The van der Waals surface area contributed by atoms with Gasteiger partial charge in [0.2, 0.25) is 5.91 Å². The van der Waals surface area contributed by atoms with Crippen LogP contribution in [0.25, 0.3) is 0 Å². The van der Waals surface area contributed by atoms with Crippen molar-refractivity contribution < 1.29 is 14.3 Å². The highest BCUT2D eigenvalue weighted by molar-refractivity contribution is 6.33. The molecule has 0 bridgehead atoms. The lowest BCUT2D eigenvalue weighted by Crippen LogP contribution is -2.28. The maximum absolute atomic E-state index is 13.2. The molecular weight excluding hydrogens is 390 g/mol. The fourth-order valence-corrected chi connectivity index (χ4v) is 3.57. The van der Waals surface area contributed by atoms with E-state index in [1.807, 2.05) is 49.6 Å². The molecule has 1 N–H and O–H groups in total. The summed E-state index contributed by atoms with van der Waals surface area (Å²) in [4.78, 5) is 13.2. The Morgan fingerprint density at radius 1 is 1.24 bits per heavy atom. The van der Waals surface area contributed by atoms with Crippen LogP contribution in [0.2, 0.25) is 5.02 Å². The number of halogens is 1. The van der Waals surface area contributed by atoms with Crippen LogP contribution >= 0.6 is 11.6 Å². The summed E-state index contributed by atoms with van der Waals surface area (Å²) in [6.45, 7) is 0.309. The highest BCUT2D eigenvalue weighted by Gasteiger charge is 2.53. The number of nitrogens with one attached hydrogen (secondary N) is 1. The van der Waals surface area contributed by atoms with Crippen molar-refractivity contribution in [1.82, 2.24) is 9.78 Å². The summed E-state index contributed by atoms with van der Waals surface area (Å²) in [6.07, 6.45) is 3.36. The summed E-state index contributed by atoms with van der Waals surface area (Å²) in [5.41, 5.74) is 1.63. The first-order chi connectivity index (χ1) is 14.0. The van der Waals surface area contributed by atoms with Crippen LogP contribution in [-0.2, 0) is 23.9 Å². The molecule has 1 fully saturated rings. The molecule has 1 amide bonds. The number of nitrogens with zero attached hydrogens (tertiary/aromatic N) is 2. The summed E-state index contributed by atoms with van der Waals surface area (Å²) < 4.78 is 13.1. The zero-order valence-corrected chi connectivity index (χ0v) is 17.1. The molecule has 1 aliphatic rings. The van der Waals surface area contributed by atoms with Crippen molar-refractivity contribution in [3.8, 4) is 11.5 Å². The Morgan fingerprint density at radius 2 is 2.03 bits per heavy atom.